The molecule has 17 heavy (non-hydrogen) atoms. The Labute approximate surface area is 103 Å². The number of rotatable bonds is 5. The average molecular weight is 234 g/mol. The lowest BCUT2D eigenvalue weighted by Gasteiger charge is -2.33. The summed E-state index contributed by atoms with van der Waals surface area (Å²) in [5.74, 6) is -0.209. The topological polar surface area (TPSA) is 26.3 Å². The zero-order chi connectivity index (χ0) is 12.9. The van der Waals surface area contributed by atoms with Crippen LogP contribution in [-0.2, 0) is 9.53 Å². The Balaban J connectivity index is 2.83. The van der Waals surface area contributed by atoms with E-state index in [2.05, 4.69) is 6.58 Å². The van der Waals surface area contributed by atoms with Gasteiger partial charge in [0.2, 0.25) is 0 Å². The third-order valence-electron chi connectivity index (χ3n) is 3.07. The van der Waals surface area contributed by atoms with Gasteiger partial charge in [0.05, 0.1) is 14.1 Å². The van der Waals surface area contributed by atoms with E-state index in [-0.39, 0.29) is 18.6 Å². The largest absolute Gasteiger partial charge is 0.457 e. The summed E-state index contributed by atoms with van der Waals surface area (Å²) < 4.78 is 5.56. The number of carbonyl (C=O) groups excluding carboxylic acids is 1. The molecule has 1 aromatic carbocycles. The smallest absolute Gasteiger partial charge is 0.365 e. The normalized spacial score (nSPS) is 12.9. The molecule has 3 nitrogen and oxygen atoms in total. The van der Waals surface area contributed by atoms with Crippen LogP contribution in [0.2, 0.25) is 0 Å². The number of esters is 1. The van der Waals surface area contributed by atoms with E-state index in [1.165, 1.54) is 0 Å². The average Bonchev–Trinajstić information content (AvgIpc) is 2.36. The van der Waals surface area contributed by atoms with Crippen molar-refractivity contribution in [2.45, 2.75) is 13.0 Å². The van der Waals surface area contributed by atoms with Crippen LogP contribution in [-0.4, -0.2) is 32.7 Å². The van der Waals surface area contributed by atoms with E-state index in [9.17, 15) is 4.79 Å². The first-order chi connectivity index (χ1) is 8.00. The number of nitrogens with zero attached hydrogens (tertiary/aromatic N) is 1. The van der Waals surface area contributed by atoms with Crippen LogP contribution in [0.15, 0.2) is 43.0 Å². The standard InChI is InChI=1S/C14H20NO2/c1-5-11-17-14(16)12(2)15(3,4)13-9-7-6-8-10-13/h5-10,12H,1,11H2,2-4H3/q+1. The van der Waals surface area contributed by atoms with Crippen molar-refractivity contribution in [3.8, 4) is 0 Å². The Morgan fingerprint density at radius 1 is 1.41 bits per heavy atom. The van der Waals surface area contributed by atoms with Gasteiger partial charge in [-0.2, -0.15) is 0 Å². The van der Waals surface area contributed by atoms with E-state index in [0.29, 0.717) is 4.48 Å². The maximum absolute atomic E-state index is 11.8. The number of para-hydroxylation sites is 1. The van der Waals surface area contributed by atoms with E-state index in [4.69, 9.17) is 4.74 Å². The minimum Gasteiger partial charge on any atom is -0.457 e. The van der Waals surface area contributed by atoms with Gasteiger partial charge in [-0.05, 0) is 19.1 Å². The third-order valence-corrected chi connectivity index (χ3v) is 3.07. The Morgan fingerprint density at radius 3 is 2.53 bits per heavy atom. The molecule has 0 spiro atoms. The number of ether oxygens (including phenoxy) is 1. The lowest BCUT2D eigenvalue weighted by atomic mass is 10.2. The van der Waals surface area contributed by atoms with Crippen LogP contribution >= 0.6 is 0 Å². The van der Waals surface area contributed by atoms with Gasteiger partial charge in [0, 0.05) is 0 Å². The highest BCUT2D eigenvalue weighted by atomic mass is 16.5. The second kappa shape index (κ2) is 5.64. The summed E-state index contributed by atoms with van der Waals surface area (Å²) in [6.45, 7) is 5.67. The molecule has 0 aliphatic heterocycles. The van der Waals surface area contributed by atoms with Gasteiger partial charge in [-0.1, -0.05) is 30.9 Å². The summed E-state index contributed by atoms with van der Waals surface area (Å²) in [4.78, 5) is 11.8. The van der Waals surface area contributed by atoms with Crippen LogP contribution in [0.1, 0.15) is 6.92 Å². The molecule has 3 heteroatoms. The summed E-state index contributed by atoms with van der Waals surface area (Å²) in [6.07, 6.45) is 1.58. The number of carbonyl (C=O) groups is 1. The van der Waals surface area contributed by atoms with Gasteiger partial charge in [-0.25, -0.2) is 4.79 Å². The molecule has 0 fully saturated rings. The van der Waals surface area contributed by atoms with Crippen LogP contribution in [0.5, 0.6) is 0 Å². The Morgan fingerprint density at radius 2 is 2.00 bits per heavy atom. The molecule has 0 amide bonds. The molecule has 1 rings (SSSR count). The van der Waals surface area contributed by atoms with E-state index in [1.807, 2.05) is 51.4 Å². The molecule has 0 bridgehead atoms. The lowest BCUT2D eigenvalue weighted by Crippen LogP contribution is -2.53. The number of hydrogen-bond donors (Lipinski definition) is 0. The predicted octanol–water partition coefficient (Wildman–Crippen LogP) is 2.37. The van der Waals surface area contributed by atoms with Gasteiger partial charge < -0.3 is 4.74 Å². The number of likely N-dealkylation sites (N-methyl/N-ethyl adjacent to an activating group) is 1. The van der Waals surface area contributed by atoms with Crippen molar-refractivity contribution in [3.05, 3.63) is 43.0 Å². The predicted molar refractivity (Wildman–Crippen MR) is 70.7 cm³/mol. The van der Waals surface area contributed by atoms with E-state index in [1.54, 1.807) is 6.08 Å². The zero-order valence-electron chi connectivity index (χ0n) is 10.7. The van der Waals surface area contributed by atoms with Crippen molar-refractivity contribution in [3.63, 3.8) is 0 Å². The molecule has 1 aromatic rings. The molecule has 1 atom stereocenters. The van der Waals surface area contributed by atoms with Gasteiger partial charge in [0.1, 0.15) is 12.3 Å². The van der Waals surface area contributed by atoms with Gasteiger partial charge in [-0.15, -0.1) is 0 Å². The number of benzene rings is 1. The van der Waals surface area contributed by atoms with Crippen LogP contribution in [0.4, 0.5) is 5.69 Å². The summed E-state index contributed by atoms with van der Waals surface area (Å²) >= 11 is 0. The summed E-state index contributed by atoms with van der Waals surface area (Å²) in [6, 6.07) is 9.67. The SMILES string of the molecule is C=CCOC(=O)C(C)[N+](C)(C)c1ccccc1. The maximum atomic E-state index is 11.8. The molecule has 1 unspecified atom stereocenters. The molecular weight excluding hydrogens is 214 g/mol. The summed E-state index contributed by atoms with van der Waals surface area (Å²) in [5, 5.41) is 0. The van der Waals surface area contributed by atoms with Crippen LogP contribution < -0.4 is 4.48 Å². The van der Waals surface area contributed by atoms with E-state index in [0.717, 1.165) is 5.69 Å². The maximum Gasteiger partial charge on any atom is 0.365 e. The molecule has 0 heterocycles. The Bertz CT molecular complexity index is 384. The highest BCUT2D eigenvalue weighted by molar-refractivity contribution is 5.78. The molecule has 0 aromatic heterocycles. The van der Waals surface area contributed by atoms with Crippen molar-refractivity contribution >= 4 is 11.7 Å². The monoisotopic (exact) mass is 234 g/mol. The minimum atomic E-state index is -0.252. The molecule has 0 saturated heterocycles. The molecule has 92 valence electrons. The van der Waals surface area contributed by atoms with Crippen molar-refractivity contribution in [2.75, 3.05) is 20.7 Å². The minimum absolute atomic E-state index is 0.209. The molecular formula is C14H20NO2+. The number of hydrogen-bond acceptors (Lipinski definition) is 2. The Kier molecular flexibility index (Phi) is 4.46. The molecule has 0 radical (unpaired) electrons. The fourth-order valence-electron chi connectivity index (χ4n) is 1.56. The van der Waals surface area contributed by atoms with Crippen molar-refractivity contribution in [1.29, 1.82) is 0 Å². The second-order valence-corrected chi connectivity index (χ2v) is 4.47. The quantitative estimate of drug-likeness (QED) is 0.444. The first-order valence-corrected chi connectivity index (χ1v) is 5.67. The van der Waals surface area contributed by atoms with Gasteiger partial charge in [0.25, 0.3) is 0 Å². The molecule has 0 saturated carbocycles. The van der Waals surface area contributed by atoms with Crippen molar-refractivity contribution in [2.24, 2.45) is 0 Å². The summed E-state index contributed by atoms with van der Waals surface area (Å²) in [5.41, 5.74) is 1.08. The lowest BCUT2D eigenvalue weighted by molar-refractivity contribution is -0.146. The first kappa shape index (κ1) is 13.5. The number of quaternary nitrogens is 1. The van der Waals surface area contributed by atoms with E-state index >= 15 is 0 Å². The van der Waals surface area contributed by atoms with Crippen LogP contribution in [0, 0.1) is 0 Å². The zero-order valence-corrected chi connectivity index (χ0v) is 10.7. The summed E-state index contributed by atoms with van der Waals surface area (Å²) in [7, 11) is 3.99. The van der Waals surface area contributed by atoms with Crippen molar-refractivity contribution < 1.29 is 9.53 Å². The Hall–Kier alpha value is -1.61. The fraction of sp³-hybridized carbons (Fsp3) is 0.357. The molecule has 0 aliphatic rings. The van der Waals surface area contributed by atoms with E-state index < -0.39 is 0 Å². The first-order valence-electron chi connectivity index (χ1n) is 5.67. The van der Waals surface area contributed by atoms with Crippen LogP contribution in [0.25, 0.3) is 0 Å². The van der Waals surface area contributed by atoms with Gasteiger partial charge >= 0.3 is 5.97 Å². The van der Waals surface area contributed by atoms with Crippen LogP contribution in [0.3, 0.4) is 0 Å². The molecule has 0 aliphatic carbocycles. The highest BCUT2D eigenvalue weighted by Gasteiger charge is 2.33. The fourth-order valence-corrected chi connectivity index (χ4v) is 1.56. The van der Waals surface area contributed by atoms with Gasteiger partial charge in [-0.3, -0.25) is 4.48 Å². The second-order valence-electron chi connectivity index (χ2n) is 4.47. The van der Waals surface area contributed by atoms with Gasteiger partial charge in [0.15, 0.2) is 6.04 Å². The van der Waals surface area contributed by atoms with Crippen molar-refractivity contribution in [1.82, 2.24) is 4.48 Å². The third kappa shape index (κ3) is 3.17. The highest BCUT2D eigenvalue weighted by Crippen LogP contribution is 2.22. The molecule has 0 N–H and O–H groups in total.